The second kappa shape index (κ2) is 9.90. The van der Waals surface area contributed by atoms with E-state index in [0.29, 0.717) is 37.4 Å². The van der Waals surface area contributed by atoms with Crippen LogP contribution in [0.1, 0.15) is 27.5 Å². The molecule has 3 aromatic rings. The highest BCUT2D eigenvalue weighted by molar-refractivity contribution is 7.92. The molecule has 0 spiro atoms. The van der Waals surface area contributed by atoms with Crippen LogP contribution in [0, 0.1) is 11.6 Å². The van der Waals surface area contributed by atoms with E-state index in [9.17, 15) is 22.0 Å². The molecule has 0 saturated carbocycles. The van der Waals surface area contributed by atoms with E-state index in [1.807, 2.05) is 0 Å². The van der Waals surface area contributed by atoms with Crippen molar-refractivity contribution in [1.29, 1.82) is 0 Å². The largest absolute Gasteiger partial charge is 0.336 e. The van der Waals surface area contributed by atoms with Gasteiger partial charge in [0.2, 0.25) is 10.0 Å². The highest BCUT2D eigenvalue weighted by atomic mass is 32.2. The zero-order valence-corrected chi connectivity index (χ0v) is 19.4. The third kappa shape index (κ3) is 5.78. The van der Waals surface area contributed by atoms with Gasteiger partial charge in [-0.1, -0.05) is 24.3 Å². The van der Waals surface area contributed by atoms with Gasteiger partial charge in [-0.2, -0.15) is 0 Å². The number of halogens is 2. The quantitative estimate of drug-likeness (QED) is 0.575. The minimum absolute atomic E-state index is 0.134. The van der Waals surface area contributed by atoms with E-state index in [-0.39, 0.29) is 23.6 Å². The number of nitrogens with zero attached hydrogens (tertiary/aromatic N) is 2. The number of hydrogen-bond acceptors (Lipinski definition) is 4. The topological polar surface area (TPSA) is 69.7 Å². The van der Waals surface area contributed by atoms with Crippen LogP contribution in [-0.4, -0.2) is 56.6 Å². The third-order valence-corrected chi connectivity index (χ3v) is 6.38. The average Bonchev–Trinajstić information content (AvgIpc) is 2.81. The molecule has 4 rings (SSSR count). The lowest BCUT2D eigenvalue weighted by Gasteiger charge is -2.39. The first kappa shape index (κ1) is 23.8. The highest BCUT2D eigenvalue weighted by Crippen LogP contribution is 2.30. The van der Waals surface area contributed by atoms with Crippen LogP contribution in [0.4, 0.5) is 14.5 Å². The Morgan fingerprint density at radius 3 is 1.71 bits per heavy atom. The molecule has 1 amide bonds. The van der Waals surface area contributed by atoms with Gasteiger partial charge in [0.1, 0.15) is 11.6 Å². The third-order valence-electron chi connectivity index (χ3n) is 5.77. The number of nitrogens with one attached hydrogen (secondary N) is 1. The van der Waals surface area contributed by atoms with Crippen LogP contribution in [0.15, 0.2) is 72.8 Å². The molecule has 1 aliphatic rings. The van der Waals surface area contributed by atoms with Crippen molar-refractivity contribution in [3.8, 4) is 0 Å². The van der Waals surface area contributed by atoms with Crippen LogP contribution < -0.4 is 4.72 Å². The zero-order valence-electron chi connectivity index (χ0n) is 18.6. The minimum Gasteiger partial charge on any atom is -0.336 e. The Kier molecular flexibility index (Phi) is 6.95. The fraction of sp³-hybridized carbons (Fsp3) is 0.240. The number of hydrogen-bond donors (Lipinski definition) is 1. The molecule has 178 valence electrons. The Hall–Kier alpha value is -3.30. The molecule has 1 saturated heterocycles. The highest BCUT2D eigenvalue weighted by Gasteiger charge is 2.28. The maximum Gasteiger partial charge on any atom is 0.253 e. The molecule has 0 radical (unpaired) electrons. The van der Waals surface area contributed by atoms with E-state index in [2.05, 4.69) is 9.62 Å². The number of rotatable bonds is 6. The van der Waals surface area contributed by atoms with Crippen LogP contribution in [0.25, 0.3) is 0 Å². The van der Waals surface area contributed by atoms with Gasteiger partial charge in [-0.3, -0.25) is 14.4 Å². The van der Waals surface area contributed by atoms with Crippen molar-refractivity contribution in [2.45, 2.75) is 6.04 Å². The smallest absolute Gasteiger partial charge is 0.253 e. The van der Waals surface area contributed by atoms with Gasteiger partial charge in [-0.15, -0.1) is 0 Å². The van der Waals surface area contributed by atoms with Crippen LogP contribution >= 0.6 is 0 Å². The summed E-state index contributed by atoms with van der Waals surface area (Å²) in [6, 6.07) is 18.7. The second-order valence-corrected chi connectivity index (χ2v) is 10.0. The molecular formula is C25H25F2N3O3S. The normalized spacial score (nSPS) is 14.9. The van der Waals surface area contributed by atoms with Gasteiger partial charge in [0.05, 0.1) is 12.3 Å². The van der Waals surface area contributed by atoms with E-state index in [1.165, 1.54) is 24.3 Å². The van der Waals surface area contributed by atoms with Crippen molar-refractivity contribution in [3.63, 3.8) is 0 Å². The second-order valence-electron chi connectivity index (χ2n) is 8.29. The summed E-state index contributed by atoms with van der Waals surface area (Å²) in [5, 5.41) is 0. The average molecular weight is 486 g/mol. The van der Waals surface area contributed by atoms with E-state index < -0.39 is 10.0 Å². The summed E-state index contributed by atoms with van der Waals surface area (Å²) in [5.41, 5.74) is 2.65. The van der Waals surface area contributed by atoms with E-state index >= 15 is 0 Å². The van der Waals surface area contributed by atoms with Gasteiger partial charge >= 0.3 is 0 Å². The van der Waals surface area contributed by atoms with Gasteiger partial charge in [0, 0.05) is 37.4 Å². The molecular weight excluding hydrogens is 460 g/mol. The molecule has 1 aliphatic heterocycles. The maximum absolute atomic E-state index is 13.5. The zero-order chi connectivity index (χ0) is 24.3. The number of piperazine rings is 1. The molecule has 0 aromatic heterocycles. The van der Waals surface area contributed by atoms with Crippen molar-refractivity contribution >= 4 is 21.6 Å². The molecule has 0 unspecified atom stereocenters. The molecule has 0 aliphatic carbocycles. The summed E-state index contributed by atoms with van der Waals surface area (Å²) in [6.07, 6.45) is 1.07. The summed E-state index contributed by atoms with van der Waals surface area (Å²) < 4.78 is 52.1. The molecule has 34 heavy (non-hydrogen) atoms. The van der Waals surface area contributed by atoms with Crippen molar-refractivity contribution in [1.82, 2.24) is 9.80 Å². The first-order chi connectivity index (χ1) is 16.2. The maximum atomic E-state index is 13.5. The minimum atomic E-state index is -3.39. The predicted octanol–water partition coefficient (Wildman–Crippen LogP) is 3.88. The van der Waals surface area contributed by atoms with Gasteiger partial charge in [-0.25, -0.2) is 17.2 Å². The Morgan fingerprint density at radius 1 is 0.794 bits per heavy atom. The predicted molar refractivity (Wildman–Crippen MR) is 127 cm³/mol. The number of benzene rings is 3. The molecule has 1 N–H and O–H groups in total. The van der Waals surface area contributed by atoms with Gasteiger partial charge in [0.15, 0.2) is 0 Å². The first-order valence-corrected chi connectivity index (χ1v) is 12.7. The number of carbonyl (C=O) groups is 1. The molecule has 1 fully saturated rings. The number of carbonyl (C=O) groups excluding carboxylic acids is 1. The fourth-order valence-electron chi connectivity index (χ4n) is 4.16. The SMILES string of the molecule is CS(=O)(=O)Nc1ccc(C(=O)N2CCN(C(c3ccc(F)cc3)c3ccc(F)cc3)CC2)cc1. The lowest BCUT2D eigenvalue weighted by molar-refractivity contribution is 0.0597. The summed E-state index contributed by atoms with van der Waals surface area (Å²) in [6.45, 7) is 2.14. The number of anilines is 1. The van der Waals surface area contributed by atoms with Crippen molar-refractivity contribution in [2.75, 3.05) is 37.2 Å². The molecule has 0 bridgehead atoms. The first-order valence-electron chi connectivity index (χ1n) is 10.8. The van der Waals surface area contributed by atoms with Gasteiger partial charge in [0.25, 0.3) is 5.91 Å². The molecule has 1 heterocycles. The summed E-state index contributed by atoms with van der Waals surface area (Å²) in [4.78, 5) is 16.9. The van der Waals surface area contributed by atoms with E-state index in [0.717, 1.165) is 17.4 Å². The Balaban J connectivity index is 1.47. The van der Waals surface area contributed by atoms with Crippen LogP contribution in [0.5, 0.6) is 0 Å². The van der Waals surface area contributed by atoms with Crippen molar-refractivity contribution in [3.05, 3.63) is 101 Å². The molecule has 6 nitrogen and oxygen atoms in total. The van der Waals surface area contributed by atoms with Gasteiger partial charge < -0.3 is 4.90 Å². The Bertz CT molecular complexity index is 1190. The van der Waals surface area contributed by atoms with Crippen LogP contribution in [-0.2, 0) is 10.0 Å². The lowest BCUT2D eigenvalue weighted by atomic mass is 9.96. The molecule has 0 atom stereocenters. The fourth-order valence-corrected chi connectivity index (χ4v) is 4.73. The van der Waals surface area contributed by atoms with Crippen LogP contribution in [0.2, 0.25) is 0 Å². The van der Waals surface area contributed by atoms with E-state index in [4.69, 9.17) is 0 Å². The van der Waals surface area contributed by atoms with Crippen molar-refractivity contribution in [2.24, 2.45) is 0 Å². The van der Waals surface area contributed by atoms with E-state index in [1.54, 1.807) is 53.4 Å². The number of amides is 1. The summed E-state index contributed by atoms with van der Waals surface area (Å²) >= 11 is 0. The number of sulfonamides is 1. The monoisotopic (exact) mass is 485 g/mol. The lowest BCUT2D eigenvalue weighted by Crippen LogP contribution is -2.49. The summed E-state index contributed by atoms with van der Waals surface area (Å²) in [7, 11) is -3.39. The van der Waals surface area contributed by atoms with Gasteiger partial charge in [-0.05, 0) is 59.7 Å². The Morgan fingerprint density at radius 2 is 1.26 bits per heavy atom. The standard InChI is InChI=1S/C25H25F2N3O3S/c1-34(32,33)28-23-12-6-20(7-13-23)25(31)30-16-14-29(15-17-30)24(18-2-8-21(26)9-3-18)19-4-10-22(27)11-5-19/h2-13,24,28H,14-17H2,1H3. The molecule has 9 heteroatoms. The Labute approximate surface area is 197 Å². The van der Waals surface area contributed by atoms with Crippen LogP contribution in [0.3, 0.4) is 0 Å². The van der Waals surface area contributed by atoms with Crippen molar-refractivity contribution < 1.29 is 22.0 Å². The molecule has 3 aromatic carbocycles. The summed E-state index contributed by atoms with van der Waals surface area (Å²) in [5.74, 6) is -0.782.